The molecule has 3 heterocycles. The Labute approximate surface area is 91.5 Å². The van der Waals surface area contributed by atoms with Crippen LogP contribution in [0, 0.1) is 0 Å². The SMILES string of the molecule is NC(c1ccco1)c1cnn2ccncc12. The van der Waals surface area contributed by atoms with Crippen LogP contribution < -0.4 is 5.73 Å². The summed E-state index contributed by atoms with van der Waals surface area (Å²) < 4.78 is 7.03. The fourth-order valence-corrected chi connectivity index (χ4v) is 1.71. The summed E-state index contributed by atoms with van der Waals surface area (Å²) in [6.45, 7) is 0. The standard InChI is InChI=1S/C11H10N4O/c12-11(10-2-1-5-16-10)8-6-14-15-4-3-13-7-9(8)15/h1-7,11H,12H2. The molecule has 0 spiro atoms. The van der Waals surface area contributed by atoms with Gasteiger partial charge in [-0.3, -0.25) is 4.98 Å². The van der Waals surface area contributed by atoms with E-state index in [9.17, 15) is 0 Å². The molecule has 3 aromatic heterocycles. The molecule has 0 amide bonds. The zero-order valence-corrected chi connectivity index (χ0v) is 8.45. The number of nitrogens with two attached hydrogens (primary N) is 1. The van der Waals surface area contributed by atoms with Crippen molar-refractivity contribution < 1.29 is 4.42 Å². The number of aromatic nitrogens is 3. The molecule has 3 aromatic rings. The maximum absolute atomic E-state index is 6.10. The monoisotopic (exact) mass is 214 g/mol. The van der Waals surface area contributed by atoms with Crippen molar-refractivity contribution in [1.29, 1.82) is 0 Å². The van der Waals surface area contributed by atoms with Crippen LogP contribution in [0.25, 0.3) is 5.52 Å². The number of nitrogens with zero attached hydrogens (tertiary/aromatic N) is 3. The smallest absolute Gasteiger partial charge is 0.125 e. The van der Waals surface area contributed by atoms with E-state index in [-0.39, 0.29) is 6.04 Å². The van der Waals surface area contributed by atoms with Crippen molar-refractivity contribution in [3.8, 4) is 0 Å². The third kappa shape index (κ3) is 1.30. The molecule has 16 heavy (non-hydrogen) atoms. The lowest BCUT2D eigenvalue weighted by Gasteiger charge is -2.06. The maximum atomic E-state index is 6.10. The minimum absolute atomic E-state index is 0.309. The Morgan fingerprint density at radius 1 is 1.38 bits per heavy atom. The summed E-state index contributed by atoms with van der Waals surface area (Å²) in [4.78, 5) is 4.06. The van der Waals surface area contributed by atoms with Crippen molar-refractivity contribution in [2.45, 2.75) is 6.04 Å². The molecule has 1 unspecified atom stereocenters. The summed E-state index contributed by atoms with van der Waals surface area (Å²) in [5.74, 6) is 0.721. The van der Waals surface area contributed by atoms with Gasteiger partial charge in [-0.1, -0.05) is 0 Å². The predicted molar refractivity (Wildman–Crippen MR) is 57.7 cm³/mol. The van der Waals surface area contributed by atoms with Gasteiger partial charge in [0.1, 0.15) is 5.76 Å². The van der Waals surface area contributed by atoms with E-state index in [0.717, 1.165) is 16.8 Å². The zero-order valence-electron chi connectivity index (χ0n) is 8.45. The van der Waals surface area contributed by atoms with E-state index in [1.54, 1.807) is 35.6 Å². The summed E-state index contributed by atoms with van der Waals surface area (Å²) in [5, 5.41) is 4.20. The molecule has 0 aromatic carbocycles. The molecule has 3 rings (SSSR count). The quantitative estimate of drug-likeness (QED) is 0.699. The summed E-state index contributed by atoms with van der Waals surface area (Å²) in [7, 11) is 0. The third-order valence-corrected chi connectivity index (χ3v) is 2.54. The molecule has 0 aliphatic heterocycles. The minimum atomic E-state index is -0.309. The second-order valence-corrected chi connectivity index (χ2v) is 3.50. The Hall–Kier alpha value is -2.14. The number of rotatable bonds is 2. The number of hydrogen-bond acceptors (Lipinski definition) is 4. The average Bonchev–Trinajstić information content (AvgIpc) is 2.98. The summed E-state index contributed by atoms with van der Waals surface area (Å²) >= 11 is 0. The third-order valence-electron chi connectivity index (χ3n) is 2.54. The molecule has 0 aliphatic carbocycles. The number of fused-ring (bicyclic) bond motifs is 1. The van der Waals surface area contributed by atoms with E-state index >= 15 is 0 Å². The fraction of sp³-hybridized carbons (Fsp3) is 0.0909. The Morgan fingerprint density at radius 3 is 3.12 bits per heavy atom. The molecule has 0 bridgehead atoms. The van der Waals surface area contributed by atoms with Gasteiger partial charge in [-0.25, -0.2) is 4.52 Å². The maximum Gasteiger partial charge on any atom is 0.125 e. The van der Waals surface area contributed by atoms with Gasteiger partial charge in [0.05, 0.1) is 30.2 Å². The van der Waals surface area contributed by atoms with Gasteiger partial charge in [0, 0.05) is 18.0 Å². The molecule has 1 atom stereocenters. The topological polar surface area (TPSA) is 69.3 Å². The zero-order chi connectivity index (χ0) is 11.0. The van der Waals surface area contributed by atoms with E-state index in [0.29, 0.717) is 0 Å². The summed E-state index contributed by atoms with van der Waals surface area (Å²) in [6.07, 6.45) is 8.56. The van der Waals surface area contributed by atoms with E-state index < -0.39 is 0 Å². The highest BCUT2D eigenvalue weighted by Crippen LogP contribution is 2.23. The van der Waals surface area contributed by atoms with E-state index in [1.165, 1.54) is 0 Å². The minimum Gasteiger partial charge on any atom is -0.467 e. The molecule has 2 N–H and O–H groups in total. The first-order valence-electron chi connectivity index (χ1n) is 4.92. The normalized spacial score (nSPS) is 13.1. The molecule has 5 nitrogen and oxygen atoms in total. The van der Waals surface area contributed by atoms with Crippen LogP contribution in [0.5, 0.6) is 0 Å². The van der Waals surface area contributed by atoms with Crippen LogP contribution >= 0.6 is 0 Å². The van der Waals surface area contributed by atoms with E-state index in [4.69, 9.17) is 10.2 Å². The van der Waals surface area contributed by atoms with Crippen LogP contribution in [0.1, 0.15) is 17.4 Å². The van der Waals surface area contributed by atoms with Gasteiger partial charge < -0.3 is 10.2 Å². The van der Waals surface area contributed by atoms with Gasteiger partial charge in [0.2, 0.25) is 0 Å². The lowest BCUT2D eigenvalue weighted by Crippen LogP contribution is -2.10. The molecule has 0 saturated carbocycles. The molecule has 0 fully saturated rings. The summed E-state index contributed by atoms with van der Waals surface area (Å²) in [6, 6.07) is 3.36. The van der Waals surface area contributed by atoms with Crippen LogP contribution in [0.4, 0.5) is 0 Å². The first kappa shape index (κ1) is 9.11. The highest BCUT2D eigenvalue weighted by molar-refractivity contribution is 5.54. The molecule has 0 aliphatic rings. The van der Waals surface area contributed by atoms with Gasteiger partial charge >= 0.3 is 0 Å². The van der Waals surface area contributed by atoms with Crippen LogP contribution in [0.15, 0.2) is 47.6 Å². The van der Waals surface area contributed by atoms with Crippen molar-refractivity contribution in [2.24, 2.45) is 5.73 Å². The lowest BCUT2D eigenvalue weighted by atomic mass is 10.1. The van der Waals surface area contributed by atoms with Crippen molar-refractivity contribution >= 4 is 5.52 Å². The van der Waals surface area contributed by atoms with Gasteiger partial charge in [-0.05, 0) is 12.1 Å². The Balaban J connectivity index is 2.12. The second kappa shape index (κ2) is 3.46. The van der Waals surface area contributed by atoms with E-state index in [2.05, 4.69) is 10.1 Å². The molecule has 0 radical (unpaired) electrons. The largest absolute Gasteiger partial charge is 0.467 e. The Bertz CT molecular complexity index is 599. The second-order valence-electron chi connectivity index (χ2n) is 3.50. The Kier molecular flexibility index (Phi) is 1.97. The van der Waals surface area contributed by atoms with Crippen LogP contribution in [0.3, 0.4) is 0 Å². The molecular weight excluding hydrogens is 204 g/mol. The fourth-order valence-electron chi connectivity index (χ4n) is 1.71. The van der Waals surface area contributed by atoms with Crippen molar-refractivity contribution in [2.75, 3.05) is 0 Å². The van der Waals surface area contributed by atoms with Crippen molar-refractivity contribution in [3.63, 3.8) is 0 Å². The number of furan rings is 1. The number of hydrogen-bond donors (Lipinski definition) is 1. The van der Waals surface area contributed by atoms with Gasteiger partial charge in [0.15, 0.2) is 0 Å². The van der Waals surface area contributed by atoms with Crippen LogP contribution in [-0.2, 0) is 0 Å². The van der Waals surface area contributed by atoms with Crippen LogP contribution in [0.2, 0.25) is 0 Å². The predicted octanol–water partition coefficient (Wildman–Crippen LogP) is 1.37. The van der Waals surface area contributed by atoms with Crippen molar-refractivity contribution in [1.82, 2.24) is 14.6 Å². The van der Waals surface area contributed by atoms with Gasteiger partial charge in [-0.15, -0.1) is 0 Å². The van der Waals surface area contributed by atoms with E-state index in [1.807, 2.05) is 12.1 Å². The van der Waals surface area contributed by atoms with Gasteiger partial charge in [0.25, 0.3) is 0 Å². The molecule has 80 valence electrons. The highest BCUT2D eigenvalue weighted by atomic mass is 16.3. The molecule has 5 heteroatoms. The van der Waals surface area contributed by atoms with Gasteiger partial charge in [-0.2, -0.15) is 5.10 Å². The summed E-state index contributed by atoms with van der Waals surface area (Å²) in [5.41, 5.74) is 7.90. The average molecular weight is 214 g/mol. The lowest BCUT2D eigenvalue weighted by molar-refractivity contribution is 0.490. The highest BCUT2D eigenvalue weighted by Gasteiger charge is 2.16. The first-order valence-corrected chi connectivity index (χ1v) is 4.92. The first-order chi connectivity index (χ1) is 7.86. The Morgan fingerprint density at radius 2 is 2.31 bits per heavy atom. The molecule has 0 saturated heterocycles. The molecular formula is C11H10N4O. The van der Waals surface area contributed by atoms with Crippen molar-refractivity contribution in [3.05, 3.63) is 54.5 Å². The van der Waals surface area contributed by atoms with Crippen LogP contribution in [-0.4, -0.2) is 14.6 Å².